The number of hydrogen-bond donors (Lipinski definition) is 0. The third-order valence-electron chi connectivity index (χ3n) is 5.11. The van der Waals surface area contributed by atoms with Gasteiger partial charge in [-0.25, -0.2) is 4.79 Å². The molecule has 26 heavy (non-hydrogen) atoms. The van der Waals surface area contributed by atoms with E-state index in [0.717, 1.165) is 23.2 Å². The summed E-state index contributed by atoms with van der Waals surface area (Å²) in [6, 6.07) is 10.0. The van der Waals surface area contributed by atoms with Gasteiger partial charge in [0.2, 0.25) is 0 Å². The number of nitriles is 1. The molecular formula is C19H22N4O3. The van der Waals surface area contributed by atoms with Crippen LogP contribution >= 0.6 is 0 Å². The quantitative estimate of drug-likeness (QED) is 0.831. The lowest BCUT2D eigenvalue weighted by atomic mass is 9.89. The number of benzene rings is 1. The second kappa shape index (κ2) is 7.08. The average molecular weight is 354 g/mol. The van der Waals surface area contributed by atoms with Crippen molar-refractivity contribution in [2.24, 2.45) is 14.1 Å². The van der Waals surface area contributed by atoms with Gasteiger partial charge < -0.3 is 9.64 Å². The standard InChI is InChI=1S/C19H22N4O3/c1-21-17(16(12-20)18(24)22(2)19(21)25)23-9-7-13(8-10-23)14-5-4-6-15(11-14)26-3/h4-6,11,13H,7-10H2,1-3H3. The summed E-state index contributed by atoms with van der Waals surface area (Å²) >= 11 is 0. The summed E-state index contributed by atoms with van der Waals surface area (Å²) in [5.74, 6) is 1.64. The van der Waals surface area contributed by atoms with Crippen LogP contribution in [0.25, 0.3) is 0 Å². The number of aromatic nitrogens is 2. The van der Waals surface area contributed by atoms with Crippen molar-refractivity contribution in [2.45, 2.75) is 18.8 Å². The minimum Gasteiger partial charge on any atom is -0.497 e. The van der Waals surface area contributed by atoms with E-state index in [1.165, 1.54) is 17.2 Å². The second-order valence-corrected chi connectivity index (χ2v) is 6.55. The normalized spacial score (nSPS) is 14.9. The number of methoxy groups -OCH3 is 1. The van der Waals surface area contributed by atoms with Gasteiger partial charge in [-0.3, -0.25) is 13.9 Å². The molecule has 0 unspecified atom stereocenters. The molecule has 0 saturated carbocycles. The molecule has 0 aliphatic carbocycles. The molecule has 1 saturated heterocycles. The summed E-state index contributed by atoms with van der Waals surface area (Å²) in [6.45, 7) is 1.36. The molecule has 0 radical (unpaired) electrons. The maximum Gasteiger partial charge on any atom is 0.332 e. The fraction of sp³-hybridized carbons (Fsp3) is 0.421. The number of hydrogen-bond acceptors (Lipinski definition) is 5. The predicted octanol–water partition coefficient (Wildman–Crippen LogP) is 1.35. The Kier molecular flexibility index (Phi) is 4.85. The molecule has 2 aromatic rings. The Labute approximate surface area is 151 Å². The smallest absolute Gasteiger partial charge is 0.332 e. The van der Waals surface area contributed by atoms with Gasteiger partial charge in [0.15, 0.2) is 5.56 Å². The first-order valence-electron chi connectivity index (χ1n) is 8.57. The highest BCUT2D eigenvalue weighted by Crippen LogP contribution is 2.32. The Balaban J connectivity index is 1.88. The van der Waals surface area contributed by atoms with E-state index in [1.807, 2.05) is 23.1 Å². The molecule has 1 aliphatic rings. The first kappa shape index (κ1) is 17.8. The number of ether oxygens (including phenoxy) is 1. The highest BCUT2D eigenvalue weighted by Gasteiger charge is 2.26. The van der Waals surface area contributed by atoms with Crippen LogP contribution in [0.5, 0.6) is 5.75 Å². The first-order valence-corrected chi connectivity index (χ1v) is 8.57. The summed E-state index contributed by atoms with van der Waals surface area (Å²) in [4.78, 5) is 26.5. The van der Waals surface area contributed by atoms with Gasteiger partial charge >= 0.3 is 5.69 Å². The third kappa shape index (κ3) is 2.99. The molecule has 1 aromatic carbocycles. The van der Waals surface area contributed by atoms with E-state index in [4.69, 9.17) is 4.74 Å². The van der Waals surface area contributed by atoms with Crippen molar-refractivity contribution in [3.8, 4) is 11.8 Å². The lowest BCUT2D eigenvalue weighted by Crippen LogP contribution is -2.44. The van der Waals surface area contributed by atoms with E-state index in [1.54, 1.807) is 14.2 Å². The zero-order valence-electron chi connectivity index (χ0n) is 15.2. The molecule has 7 heteroatoms. The van der Waals surface area contributed by atoms with Gasteiger partial charge in [0, 0.05) is 27.2 Å². The largest absolute Gasteiger partial charge is 0.497 e. The van der Waals surface area contributed by atoms with Gasteiger partial charge in [0.1, 0.15) is 17.6 Å². The lowest BCUT2D eigenvalue weighted by molar-refractivity contribution is 0.412. The van der Waals surface area contributed by atoms with Crippen molar-refractivity contribution in [3.05, 3.63) is 56.2 Å². The summed E-state index contributed by atoms with van der Waals surface area (Å²) in [5.41, 5.74) is 0.288. The third-order valence-corrected chi connectivity index (χ3v) is 5.11. The fourth-order valence-electron chi connectivity index (χ4n) is 3.62. The van der Waals surface area contributed by atoms with Crippen LogP contribution in [0.1, 0.15) is 29.9 Å². The summed E-state index contributed by atoms with van der Waals surface area (Å²) < 4.78 is 7.67. The Morgan fingerprint density at radius 3 is 2.46 bits per heavy atom. The van der Waals surface area contributed by atoms with Crippen LogP contribution in [-0.4, -0.2) is 29.3 Å². The van der Waals surface area contributed by atoms with Crippen LogP contribution < -0.4 is 20.9 Å². The molecule has 0 atom stereocenters. The molecule has 2 heterocycles. The summed E-state index contributed by atoms with van der Waals surface area (Å²) in [7, 11) is 4.65. The van der Waals surface area contributed by atoms with Crippen LogP contribution in [0.2, 0.25) is 0 Å². The number of piperidine rings is 1. The molecule has 0 amide bonds. The lowest BCUT2D eigenvalue weighted by Gasteiger charge is -2.35. The molecule has 3 rings (SSSR count). The first-order chi connectivity index (χ1) is 12.5. The predicted molar refractivity (Wildman–Crippen MR) is 98.8 cm³/mol. The Bertz CT molecular complexity index is 976. The van der Waals surface area contributed by atoms with Crippen LogP contribution in [0.3, 0.4) is 0 Å². The second-order valence-electron chi connectivity index (χ2n) is 6.55. The SMILES string of the molecule is COc1cccc(C2CCN(c3c(C#N)c(=O)n(C)c(=O)n3C)CC2)c1. The average Bonchev–Trinajstić information content (AvgIpc) is 2.69. The van der Waals surface area contributed by atoms with E-state index >= 15 is 0 Å². The molecule has 1 fully saturated rings. The molecule has 0 N–H and O–H groups in total. The highest BCUT2D eigenvalue weighted by atomic mass is 16.5. The van der Waals surface area contributed by atoms with E-state index in [2.05, 4.69) is 12.1 Å². The summed E-state index contributed by atoms with van der Waals surface area (Å²) in [6.07, 6.45) is 1.75. The monoisotopic (exact) mass is 354 g/mol. The maximum absolute atomic E-state index is 12.3. The van der Waals surface area contributed by atoms with Crippen molar-refractivity contribution in [3.63, 3.8) is 0 Å². The number of nitrogens with zero attached hydrogens (tertiary/aromatic N) is 4. The van der Waals surface area contributed by atoms with Gasteiger partial charge in [0.25, 0.3) is 5.56 Å². The van der Waals surface area contributed by atoms with Crippen LogP contribution in [0.4, 0.5) is 5.82 Å². The van der Waals surface area contributed by atoms with Crippen LogP contribution in [0.15, 0.2) is 33.9 Å². The molecule has 7 nitrogen and oxygen atoms in total. The number of rotatable bonds is 3. The van der Waals surface area contributed by atoms with Crippen molar-refractivity contribution in [1.82, 2.24) is 9.13 Å². The van der Waals surface area contributed by atoms with Crippen molar-refractivity contribution in [1.29, 1.82) is 5.26 Å². The molecule has 0 spiro atoms. The Morgan fingerprint density at radius 1 is 1.15 bits per heavy atom. The minimum absolute atomic E-state index is 0.0226. The maximum atomic E-state index is 12.3. The topological polar surface area (TPSA) is 80.3 Å². The molecule has 136 valence electrons. The van der Waals surface area contributed by atoms with E-state index in [0.29, 0.717) is 24.8 Å². The minimum atomic E-state index is -0.541. The van der Waals surface area contributed by atoms with Gasteiger partial charge in [-0.2, -0.15) is 5.26 Å². The zero-order chi connectivity index (χ0) is 18.8. The fourth-order valence-corrected chi connectivity index (χ4v) is 3.62. The van der Waals surface area contributed by atoms with Gasteiger partial charge in [-0.15, -0.1) is 0 Å². The van der Waals surface area contributed by atoms with E-state index in [-0.39, 0.29) is 5.56 Å². The molecule has 1 aliphatic heterocycles. The van der Waals surface area contributed by atoms with Crippen molar-refractivity contribution < 1.29 is 4.74 Å². The molecule has 1 aromatic heterocycles. The molecular weight excluding hydrogens is 332 g/mol. The zero-order valence-corrected chi connectivity index (χ0v) is 15.2. The van der Waals surface area contributed by atoms with Gasteiger partial charge in [0.05, 0.1) is 7.11 Å². The number of anilines is 1. The van der Waals surface area contributed by atoms with Gasteiger partial charge in [-0.1, -0.05) is 12.1 Å². The van der Waals surface area contributed by atoms with Gasteiger partial charge in [-0.05, 0) is 36.5 Å². The van der Waals surface area contributed by atoms with Crippen LogP contribution in [0, 0.1) is 11.3 Å². The van der Waals surface area contributed by atoms with Crippen molar-refractivity contribution in [2.75, 3.05) is 25.1 Å². The van der Waals surface area contributed by atoms with Crippen molar-refractivity contribution >= 4 is 5.82 Å². The summed E-state index contributed by atoms with van der Waals surface area (Å²) in [5, 5.41) is 9.44. The Hall–Kier alpha value is -3.01. The van der Waals surface area contributed by atoms with E-state index in [9.17, 15) is 14.9 Å². The van der Waals surface area contributed by atoms with E-state index < -0.39 is 11.2 Å². The Morgan fingerprint density at radius 2 is 1.85 bits per heavy atom. The molecule has 0 bridgehead atoms. The highest BCUT2D eigenvalue weighted by molar-refractivity contribution is 5.54. The van der Waals surface area contributed by atoms with Crippen LogP contribution in [-0.2, 0) is 14.1 Å².